The number of esters is 1. The molecule has 0 radical (unpaired) electrons. The Morgan fingerprint density at radius 1 is 0.833 bits per heavy atom. The highest BCUT2D eigenvalue weighted by Gasteiger charge is 2.38. The van der Waals surface area contributed by atoms with Crippen LogP contribution in [0, 0.1) is 0 Å². The van der Waals surface area contributed by atoms with Gasteiger partial charge < -0.3 is 9.30 Å². The van der Waals surface area contributed by atoms with Gasteiger partial charge in [-0.05, 0) is 16.7 Å². The molecule has 3 aromatic carbocycles. The van der Waals surface area contributed by atoms with Crippen molar-refractivity contribution < 1.29 is 9.53 Å². The van der Waals surface area contributed by atoms with Gasteiger partial charge in [0.25, 0.3) is 0 Å². The Morgan fingerprint density at radius 3 is 1.67 bits per heavy atom. The minimum Gasteiger partial charge on any atom is -0.465 e. The molecule has 4 aromatic rings. The largest absolute Gasteiger partial charge is 0.465 e. The zero-order valence-electron chi connectivity index (χ0n) is 16.7. The number of nitrogens with zero attached hydrogens (tertiary/aromatic N) is 2. The lowest BCUT2D eigenvalue weighted by Crippen LogP contribution is -2.36. The van der Waals surface area contributed by atoms with Crippen LogP contribution in [-0.2, 0) is 15.1 Å². The molecule has 0 atom stereocenters. The zero-order valence-corrected chi connectivity index (χ0v) is 16.7. The molecule has 0 aliphatic rings. The van der Waals surface area contributed by atoms with Crippen LogP contribution in [0.15, 0.2) is 110 Å². The Balaban J connectivity index is 2.03. The second-order valence-electron chi connectivity index (χ2n) is 6.94. The average Bonchev–Trinajstić information content (AvgIpc) is 3.31. The molecular weight excluding hydrogens is 372 g/mol. The number of methoxy groups -OCH3 is 1. The van der Waals surface area contributed by atoms with Crippen molar-refractivity contribution >= 4 is 11.5 Å². The van der Waals surface area contributed by atoms with E-state index >= 15 is 0 Å². The second-order valence-corrected chi connectivity index (χ2v) is 6.94. The fraction of sp³-hybridized carbons (Fsp3) is 0.0769. The fourth-order valence-electron chi connectivity index (χ4n) is 3.88. The van der Waals surface area contributed by atoms with E-state index in [0.29, 0.717) is 5.69 Å². The van der Waals surface area contributed by atoms with Crippen molar-refractivity contribution in [3.63, 3.8) is 0 Å². The summed E-state index contributed by atoms with van der Waals surface area (Å²) in [6.07, 6.45) is 3.60. The molecule has 0 bridgehead atoms. The number of imidazole rings is 1. The number of ether oxygens (including phenoxy) is 1. The molecule has 0 fully saturated rings. The summed E-state index contributed by atoms with van der Waals surface area (Å²) >= 11 is 0. The van der Waals surface area contributed by atoms with Gasteiger partial charge in [-0.1, -0.05) is 97.6 Å². The van der Waals surface area contributed by atoms with Crippen molar-refractivity contribution in [2.45, 2.75) is 5.54 Å². The normalized spacial score (nSPS) is 11.1. The number of hydrogen-bond donors (Lipinski definition) is 0. The molecule has 1 heterocycles. The highest BCUT2D eigenvalue weighted by atomic mass is 16.5. The van der Waals surface area contributed by atoms with Gasteiger partial charge in [0.15, 0.2) is 0 Å². The summed E-state index contributed by atoms with van der Waals surface area (Å²) in [5.74, 6) is -0.495. The summed E-state index contributed by atoms with van der Waals surface area (Å²) in [5.41, 5.74) is 3.26. The smallest absolute Gasteiger partial charge is 0.339 e. The molecule has 1 aromatic heterocycles. The Kier molecular flexibility index (Phi) is 5.31. The Hall–Kier alpha value is -3.92. The van der Waals surface area contributed by atoms with Crippen molar-refractivity contribution in [1.29, 1.82) is 0 Å². The maximum Gasteiger partial charge on any atom is 0.339 e. The Morgan fingerprint density at radius 2 is 1.27 bits per heavy atom. The van der Waals surface area contributed by atoms with Crippen molar-refractivity contribution in [2.24, 2.45) is 0 Å². The summed E-state index contributed by atoms with van der Waals surface area (Å²) < 4.78 is 6.87. The van der Waals surface area contributed by atoms with E-state index in [-0.39, 0.29) is 5.57 Å². The van der Waals surface area contributed by atoms with E-state index in [1.54, 1.807) is 6.33 Å². The molecule has 0 N–H and O–H groups in total. The van der Waals surface area contributed by atoms with Gasteiger partial charge in [-0.2, -0.15) is 0 Å². The van der Waals surface area contributed by atoms with Crippen molar-refractivity contribution in [2.75, 3.05) is 7.11 Å². The van der Waals surface area contributed by atoms with Gasteiger partial charge in [-0.3, -0.25) is 0 Å². The van der Waals surface area contributed by atoms with E-state index in [1.807, 2.05) is 65.4 Å². The lowest BCUT2D eigenvalue weighted by atomic mass is 9.77. The summed E-state index contributed by atoms with van der Waals surface area (Å²) in [5, 5.41) is 0. The second kappa shape index (κ2) is 8.21. The molecule has 0 saturated heterocycles. The maximum atomic E-state index is 12.0. The molecule has 0 aliphatic heterocycles. The molecule has 4 nitrogen and oxygen atoms in total. The van der Waals surface area contributed by atoms with E-state index in [0.717, 1.165) is 16.7 Å². The monoisotopic (exact) mass is 394 g/mol. The van der Waals surface area contributed by atoms with Crippen LogP contribution in [0.25, 0.3) is 5.57 Å². The SMILES string of the molecule is C=C(C(=O)OC)c1cn(C(c2ccccc2)(c2ccccc2)c2ccccc2)cn1. The first-order valence-corrected chi connectivity index (χ1v) is 9.66. The summed E-state index contributed by atoms with van der Waals surface area (Å²) in [4.78, 5) is 16.5. The predicted octanol–water partition coefficient (Wildman–Crippen LogP) is 4.91. The highest BCUT2D eigenvalue weighted by Crippen LogP contribution is 2.41. The van der Waals surface area contributed by atoms with Crippen LogP contribution >= 0.6 is 0 Å². The molecule has 0 aliphatic carbocycles. The van der Waals surface area contributed by atoms with Gasteiger partial charge in [-0.25, -0.2) is 9.78 Å². The van der Waals surface area contributed by atoms with Gasteiger partial charge >= 0.3 is 5.97 Å². The zero-order chi connectivity index (χ0) is 21.0. The van der Waals surface area contributed by atoms with Crippen LogP contribution < -0.4 is 0 Å². The molecule has 148 valence electrons. The minimum atomic E-state index is -0.675. The molecule has 0 unspecified atom stereocenters. The molecule has 0 spiro atoms. The minimum absolute atomic E-state index is 0.222. The number of rotatable bonds is 6. The van der Waals surface area contributed by atoms with Gasteiger partial charge in [-0.15, -0.1) is 0 Å². The Labute approximate surface area is 176 Å². The lowest BCUT2D eigenvalue weighted by molar-refractivity contribution is -0.133. The highest BCUT2D eigenvalue weighted by molar-refractivity contribution is 6.14. The molecule has 4 rings (SSSR count). The number of carbonyl (C=O) groups excluding carboxylic acids is 1. The van der Waals surface area contributed by atoms with Gasteiger partial charge in [0, 0.05) is 6.20 Å². The maximum absolute atomic E-state index is 12.0. The first-order valence-electron chi connectivity index (χ1n) is 9.66. The van der Waals surface area contributed by atoms with Crippen molar-refractivity contribution in [3.8, 4) is 0 Å². The van der Waals surface area contributed by atoms with Crippen LogP contribution in [0.1, 0.15) is 22.4 Å². The first kappa shape index (κ1) is 19.4. The molecule has 0 saturated carbocycles. The summed E-state index contributed by atoms with van der Waals surface area (Å²) in [7, 11) is 1.34. The third kappa shape index (κ3) is 3.22. The third-order valence-corrected chi connectivity index (χ3v) is 5.29. The van der Waals surface area contributed by atoms with Gasteiger partial charge in [0.1, 0.15) is 5.54 Å². The van der Waals surface area contributed by atoms with Gasteiger partial charge in [0.2, 0.25) is 0 Å². The lowest BCUT2D eigenvalue weighted by Gasteiger charge is -2.37. The molecular formula is C26H22N2O2. The summed E-state index contributed by atoms with van der Waals surface area (Å²) in [6.45, 7) is 3.86. The first-order chi connectivity index (χ1) is 14.7. The topological polar surface area (TPSA) is 44.1 Å². The van der Waals surface area contributed by atoms with Crippen LogP contribution in [-0.4, -0.2) is 22.6 Å². The quantitative estimate of drug-likeness (QED) is 0.265. The number of carbonyl (C=O) groups is 1. The van der Waals surface area contributed by atoms with Crippen LogP contribution in [0.2, 0.25) is 0 Å². The van der Waals surface area contributed by atoms with Crippen LogP contribution in [0.3, 0.4) is 0 Å². The Bertz CT molecular complexity index is 1050. The average molecular weight is 394 g/mol. The van der Waals surface area contributed by atoms with Crippen LogP contribution in [0.4, 0.5) is 0 Å². The summed E-state index contributed by atoms with van der Waals surface area (Å²) in [6, 6.07) is 30.8. The third-order valence-electron chi connectivity index (χ3n) is 5.29. The number of aromatic nitrogens is 2. The van der Waals surface area contributed by atoms with E-state index < -0.39 is 11.5 Å². The molecule has 30 heavy (non-hydrogen) atoms. The molecule has 4 heteroatoms. The standard InChI is InChI=1S/C26H22N2O2/c1-20(25(29)30-2)24-18-28(19-27-24)26(21-12-6-3-7-13-21,22-14-8-4-9-15-22)23-16-10-5-11-17-23/h3-19H,1H2,2H3. The van der Waals surface area contributed by atoms with Gasteiger partial charge in [0.05, 0.1) is 24.7 Å². The van der Waals surface area contributed by atoms with Crippen molar-refractivity contribution in [1.82, 2.24) is 9.55 Å². The van der Waals surface area contributed by atoms with Crippen LogP contribution in [0.5, 0.6) is 0 Å². The number of benzene rings is 3. The van der Waals surface area contributed by atoms with Crippen molar-refractivity contribution in [3.05, 3.63) is 132 Å². The van der Waals surface area contributed by atoms with E-state index in [1.165, 1.54) is 7.11 Å². The fourth-order valence-corrected chi connectivity index (χ4v) is 3.88. The van der Waals surface area contributed by atoms with E-state index in [2.05, 4.69) is 48.0 Å². The number of hydrogen-bond acceptors (Lipinski definition) is 3. The van der Waals surface area contributed by atoms with E-state index in [4.69, 9.17) is 4.74 Å². The van der Waals surface area contributed by atoms with E-state index in [9.17, 15) is 4.79 Å². The predicted molar refractivity (Wildman–Crippen MR) is 118 cm³/mol. The molecule has 0 amide bonds.